The number of alkyl halides is 1. The highest BCUT2D eigenvalue weighted by Gasteiger charge is 2.18. The van der Waals surface area contributed by atoms with E-state index in [1.807, 2.05) is 36.6 Å². The molecule has 0 aliphatic carbocycles. The first-order chi connectivity index (χ1) is 9.97. The van der Waals surface area contributed by atoms with Crippen molar-refractivity contribution >= 4 is 34.2 Å². The summed E-state index contributed by atoms with van der Waals surface area (Å²) < 4.78 is 15.2. The number of benzene rings is 2. The molecule has 108 valence electrons. The van der Waals surface area contributed by atoms with Crippen LogP contribution in [-0.4, -0.2) is 9.55 Å². The largest absolute Gasteiger partial charge is 0.294 e. The number of nitrogens with zero attached hydrogens (tertiary/aromatic N) is 2. The van der Waals surface area contributed by atoms with Crippen molar-refractivity contribution in [1.29, 1.82) is 0 Å². The molecule has 1 unspecified atom stereocenters. The van der Waals surface area contributed by atoms with Gasteiger partial charge in [-0.15, -0.1) is 11.6 Å². The second-order valence-electron chi connectivity index (χ2n) is 5.01. The number of hydrogen-bond acceptors (Lipinski definition) is 1. The maximum absolute atomic E-state index is 13.3. The van der Waals surface area contributed by atoms with Crippen LogP contribution < -0.4 is 0 Å². The van der Waals surface area contributed by atoms with E-state index in [0.29, 0.717) is 16.5 Å². The average molecular weight is 323 g/mol. The van der Waals surface area contributed by atoms with Gasteiger partial charge in [-0.05, 0) is 49.7 Å². The van der Waals surface area contributed by atoms with Crippen LogP contribution in [-0.2, 0) is 0 Å². The first kappa shape index (κ1) is 14.4. The monoisotopic (exact) mass is 322 g/mol. The van der Waals surface area contributed by atoms with Gasteiger partial charge >= 0.3 is 0 Å². The summed E-state index contributed by atoms with van der Waals surface area (Å²) in [6.45, 7) is 3.86. The van der Waals surface area contributed by atoms with Crippen molar-refractivity contribution in [3.63, 3.8) is 0 Å². The lowest BCUT2D eigenvalue weighted by molar-refractivity contribution is 0.627. The lowest BCUT2D eigenvalue weighted by Gasteiger charge is -2.12. The Hall–Kier alpha value is -1.58. The lowest BCUT2D eigenvalue weighted by atomic mass is 10.2. The lowest BCUT2D eigenvalue weighted by Crippen LogP contribution is -2.03. The van der Waals surface area contributed by atoms with Gasteiger partial charge in [-0.25, -0.2) is 9.37 Å². The number of imidazole rings is 1. The quantitative estimate of drug-likeness (QED) is 0.575. The van der Waals surface area contributed by atoms with E-state index in [2.05, 4.69) is 4.98 Å². The maximum Gasteiger partial charge on any atom is 0.132 e. The van der Waals surface area contributed by atoms with Gasteiger partial charge in [0, 0.05) is 0 Å². The molecule has 0 aliphatic rings. The van der Waals surface area contributed by atoms with Gasteiger partial charge in [0.15, 0.2) is 0 Å². The fourth-order valence-electron chi connectivity index (χ4n) is 2.39. The molecule has 1 heterocycles. The van der Waals surface area contributed by atoms with Crippen molar-refractivity contribution in [3.8, 4) is 5.69 Å². The number of rotatable bonds is 2. The molecule has 0 saturated carbocycles. The third-order valence-corrected chi connectivity index (χ3v) is 3.84. The zero-order valence-electron chi connectivity index (χ0n) is 11.6. The van der Waals surface area contributed by atoms with Crippen molar-refractivity contribution in [1.82, 2.24) is 9.55 Å². The zero-order valence-corrected chi connectivity index (χ0v) is 13.1. The van der Waals surface area contributed by atoms with Gasteiger partial charge in [0.05, 0.1) is 27.1 Å². The van der Waals surface area contributed by atoms with E-state index in [0.717, 1.165) is 16.6 Å². The Balaban J connectivity index is 2.38. The van der Waals surface area contributed by atoms with Crippen LogP contribution >= 0.6 is 23.2 Å². The minimum absolute atomic E-state index is 0.293. The van der Waals surface area contributed by atoms with Crippen molar-refractivity contribution in [2.45, 2.75) is 19.2 Å². The SMILES string of the molecule is Cc1ccc2nc(C(C)Cl)n(-c3ccc(F)cc3Cl)c2c1. The first-order valence-corrected chi connectivity index (χ1v) is 7.37. The third kappa shape index (κ3) is 2.52. The summed E-state index contributed by atoms with van der Waals surface area (Å²) >= 11 is 12.5. The molecule has 0 aliphatic heterocycles. The minimum atomic E-state index is -0.371. The summed E-state index contributed by atoms with van der Waals surface area (Å²) in [5, 5.41) is 0.0354. The predicted molar refractivity (Wildman–Crippen MR) is 85.0 cm³/mol. The van der Waals surface area contributed by atoms with Gasteiger partial charge in [0.2, 0.25) is 0 Å². The molecule has 2 aromatic carbocycles. The number of aryl methyl sites for hydroxylation is 1. The van der Waals surface area contributed by atoms with Crippen molar-refractivity contribution < 1.29 is 4.39 Å². The summed E-state index contributed by atoms with van der Waals surface area (Å²) in [6, 6.07) is 10.3. The van der Waals surface area contributed by atoms with Gasteiger partial charge in [0.25, 0.3) is 0 Å². The van der Waals surface area contributed by atoms with E-state index in [9.17, 15) is 4.39 Å². The van der Waals surface area contributed by atoms with Crippen LogP contribution in [0.2, 0.25) is 5.02 Å². The minimum Gasteiger partial charge on any atom is -0.294 e. The average Bonchev–Trinajstić information content (AvgIpc) is 2.77. The highest BCUT2D eigenvalue weighted by atomic mass is 35.5. The Kier molecular flexibility index (Phi) is 3.64. The highest BCUT2D eigenvalue weighted by Crippen LogP contribution is 2.32. The fraction of sp³-hybridized carbons (Fsp3) is 0.188. The molecule has 0 spiro atoms. The molecule has 0 saturated heterocycles. The fourth-order valence-corrected chi connectivity index (χ4v) is 2.78. The molecule has 0 bridgehead atoms. The predicted octanol–water partition coefficient (Wildman–Crippen LogP) is 5.43. The van der Waals surface area contributed by atoms with E-state index in [1.165, 1.54) is 12.1 Å². The van der Waals surface area contributed by atoms with Gasteiger partial charge in [-0.2, -0.15) is 0 Å². The van der Waals surface area contributed by atoms with E-state index in [-0.39, 0.29) is 11.2 Å². The molecule has 0 radical (unpaired) electrons. The Bertz CT molecular complexity index is 825. The van der Waals surface area contributed by atoms with Crippen molar-refractivity contribution in [2.75, 3.05) is 0 Å². The summed E-state index contributed by atoms with van der Waals surface area (Å²) in [4.78, 5) is 4.57. The van der Waals surface area contributed by atoms with Gasteiger partial charge < -0.3 is 0 Å². The van der Waals surface area contributed by atoms with Crippen LogP contribution in [0, 0.1) is 12.7 Å². The van der Waals surface area contributed by atoms with E-state index in [4.69, 9.17) is 23.2 Å². The number of hydrogen-bond donors (Lipinski definition) is 0. The van der Waals surface area contributed by atoms with Gasteiger partial charge in [-0.1, -0.05) is 17.7 Å². The molecule has 0 amide bonds. The van der Waals surface area contributed by atoms with Crippen LogP contribution in [0.25, 0.3) is 16.7 Å². The van der Waals surface area contributed by atoms with Crippen LogP contribution in [0.15, 0.2) is 36.4 Å². The van der Waals surface area contributed by atoms with Crippen molar-refractivity contribution in [2.24, 2.45) is 0 Å². The normalized spacial score (nSPS) is 12.8. The van der Waals surface area contributed by atoms with Crippen LogP contribution in [0.3, 0.4) is 0 Å². The Morgan fingerprint density at radius 2 is 1.95 bits per heavy atom. The molecular formula is C16H13Cl2FN2. The Morgan fingerprint density at radius 3 is 2.62 bits per heavy atom. The summed E-state index contributed by atoms with van der Waals surface area (Å²) in [5.74, 6) is 0.315. The molecule has 3 rings (SSSR count). The topological polar surface area (TPSA) is 17.8 Å². The summed E-state index contributed by atoms with van der Waals surface area (Å²) in [7, 11) is 0. The molecule has 5 heteroatoms. The third-order valence-electron chi connectivity index (χ3n) is 3.34. The molecule has 1 aromatic heterocycles. The molecule has 2 nitrogen and oxygen atoms in total. The van der Waals surface area contributed by atoms with Crippen molar-refractivity contribution in [3.05, 3.63) is 58.6 Å². The smallest absolute Gasteiger partial charge is 0.132 e. The van der Waals surface area contributed by atoms with Crippen LogP contribution in [0.1, 0.15) is 23.7 Å². The molecule has 21 heavy (non-hydrogen) atoms. The molecular weight excluding hydrogens is 310 g/mol. The molecule has 1 atom stereocenters. The summed E-state index contributed by atoms with van der Waals surface area (Å²) in [6.07, 6.45) is 0. The second-order valence-corrected chi connectivity index (χ2v) is 6.07. The molecule has 0 fully saturated rings. The van der Waals surface area contributed by atoms with E-state index >= 15 is 0 Å². The van der Waals surface area contributed by atoms with Crippen LogP contribution in [0.4, 0.5) is 4.39 Å². The number of halogens is 3. The molecule has 3 aromatic rings. The van der Waals surface area contributed by atoms with E-state index in [1.54, 1.807) is 6.07 Å². The highest BCUT2D eigenvalue weighted by molar-refractivity contribution is 6.32. The standard InChI is InChI=1S/C16H13Cl2FN2/c1-9-3-5-13-15(7-9)21(16(20-13)10(2)17)14-6-4-11(19)8-12(14)18/h3-8,10H,1-2H3. The second kappa shape index (κ2) is 5.32. The summed E-state index contributed by atoms with van der Waals surface area (Å²) in [5.41, 5.74) is 3.53. The maximum atomic E-state index is 13.3. The Labute approximate surface area is 132 Å². The Morgan fingerprint density at radius 1 is 1.19 bits per heavy atom. The van der Waals surface area contributed by atoms with Gasteiger partial charge in [-0.3, -0.25) is 4.57 Å². The van der Waals surface area contributed by atoms with Crippen LogP contribution in [0.5, 0.6) is 0 Å². The number of aromatic nitrogens is 2. The zero-order chi connectivity index (χ0) is 15.1. The van der Waals surface area contributed by atoms with E-state index < -0.39 is 0 Å². The molecule has 0 N–H and O–H groups in total. The van der Waals surface area contributed by atoms with Gasteiger partial charge in [0.1, 0.15) is 11.6 Å². The first-order valence-electron chi connectivity index (χ1n) is 6.56. The number of fused-ring (bicyclic) bond motifs is 1.